The maximum atomic E-state index is 12.1. The molecule has 26 heavy (non-hydrogen) atoms. The molecule has 0 bridgehead atoms. The minimum Gasteiger partial charge on any atom is -0.382 e. The molecule has 3 rings (SSSR count). The van der Waals surface area contributed by atoms with Crippen LogP contribution in [0.3, 0.4) is 0 Å². The van der Waals surface area contributed by atoms with Crippen molar-refractivity contribution in [2.45, 2.75) is 13.0 Å². The Morgan fingerprint density at radius 1 is 1.27 bits per heavy atom. The quantitative estimate of drug-likeness (QED) is 0.669. The van der Waals surface area contributed by atoms with Gasteiger partial charge in [0.05, 0.1) is 17.9 Å². The smallest absolute Gasteiger partial charge is 0.319 e. The normalized spacial score (nSPS) is 11.4. The van der Waals surface area contributed by atoms with E-state index in [2.05, 4.69) is 20.7 Å². The molecular formula is C18H17N7O. The molecule has 2 amide bonds. The van der Waals surface area contributed by atoms with Gasteiger partial charge >= 0.3 is 6.03 Å². The van der Waals surface area contributed by atoms with Crippen molar-refractivity contribution >= 4 is 17.5 Å². The molecule has 0 radical (unpaired) electrons. The highest BCUT2D eigenvalue weighted by molar-refractivity contribution is 5.89. The Bertz CT molecular complexity index is 942. The summed E-state index contributed by atoms with van der Waals surface area (Å²) in [5, 5.41) is 18.6. The number of pyridine rings is 1. The number of nitrogens with one attached hydrogen (secondary N) is 2. The summed E-state index contributed by atoms with van der Waals surface area (Å²) in [7, 11) is 0. The molecule has 1 atom stereocenters. The highest BCUT2D eigenvalue weighted by Crippen LogP contribution is 2.18. The van der Waals surface area contributed by atoms with E-state index >= 15 is 0 Å². The number of nitrogens with zero attached hydrogens (tertiary/aromatic N) is 4. The van der Waals surface area contributed by atoms with Crippen LogP contribution in [0.4, 0.5) is 16.3 Å². The lowest BCUT2D eigenvalue weighted by atomic mass is 10.1. The summed E-state index contributed by atoms with van der Waals surface area (Å²) in [5.41, 5.74) is 8.42. The summed E-state index contributed by atoms with van der Waals surface area (Å²) in [5.74, 6) is 0.274. The van der Waals surface area contributed by atoms with E-state index in [-0.39, 0.29) is 17.9 Å². The van der Waals surface area contributed by atoms with Crippen molar-refractivity contribution < 1.29 is 4.79 Å². The second kappa shape index (κ2) is 7.36. The first-order valence-corrected chi connectivity index (χ1v) is 7.90. The molecule has 0 saturated carbocycles. The molecule has 0 aliphatic carbocycles. The molecule has 2 aromatic heterocycles. The molecule has 0 aliphatic heterocycles. The van der Waals surface area contributed by atoms with Crippen molar-refractivity contribution in [1.29, 1.82) is 5.26 Å². The highest BCUT2D eigenvalue weighted by Gasteiger charge is 2.11. The number of amides is 2. The van der Waals surface area contributed by atoms with E-state index in [1.54, 1.807) is 36.7 Å². The third-order valence-electron chi connectivity index (χ3n) is 3.83. The fraction of sp³-hybridized carbons (Fsp3) is 0.111. The first kappa shape index (κ1) is 17.0. The Morgan fingerprint density at radius 2 is 2.04 bits per heavy atom. The number of urea groups is 1. The third kappa shape index (κ3) is 3.62. The predicted octanol–water partition coefficient (Wildman–Crippen LogP) is 2.60. The van der Waals surface area contributed by atoms with Crippen molar-refractivity contribution in [2.75, 3.05) is 11.1 Å². The highest BCUT2D eigenvalue weighted by atomic mass is 16.2. The average molecular weight is 347 g/mol. The van der Waals surface area contributed by atoms with Crippen molar-refractivity contribution in [3.8, 4) is 11.8 Å². The van der Waals surface area contributed by atoms with E-state index < -0.39 is 0 Å². The van der Waals surface area contributed by atoms with Gasteiger partial charge in [0.25, 0.3) is 0 Å². The summed E-state index contributed by atoms with van der Waals surface area (Å²) >= 11 is 0. The molecule has 2 heterocycles. The van der Waals surface area contributed by atoms with E-state index in [1.165, 1.54) is 10.9 Å². The van der Waals surface area contributed by atoms with E-state index in [9.17, 15) is 4.79 Å². The molecule has 130 valence electrons. The van der Waals surface area contributed by atoms with Gasteiger partial charge in [-0.25, -0.2) is 9.48 Å². The van der Waals surface area contributed by atoms with Crippen LogP contribution >= 0.6 is 0 Å². The van der Waals surface area contributed by atoms with Gasteiger partial charge in [0.2, 0.25) is 0 Å². The Morgan fingerprint density at radius 3 is 2.65 bits per heavy atom. The summed E-state index contributed by atoms with van der Waals surface area (Å²) in [6.07, 6.45) is 4.81. The van der Waals surface area contributed by atoms with Crippen LogP contribution in [0.2, 0.25) is 0 Å². The van der Waals surface area contributed by atoms with Gasteiger partial charge in [-0.2, -0.15) is 10.4 Å². The van der Waals surface area contributed by atoms with Crippen LogP contribution in [0.25, 0.3) is 5.69 Å². The van der Waals surface area contributed by atoms with E-state index in [4.69, 9.17) is 11.0 Å². The zero-order valence-electron chi connectivity index (χ0n) is 14.0. The maximum absolute atomic E-state index is 12.1. The lowest BCUT2D eigenvalue weighted by Gasteiger charge is -2.15. The lowest BCUT2D eigenvalue weighted by molar-refractivity contribution is 0.249. The van der Waals surface area contributed by atoms with Gasteiger partial charge in [-0.1, -0.05) is 6.07 Å². The average Bonchev–Trinajstić information content (AvgIpc) is 3.03. The maximum Gasteiger partial charge on any atom is 0.319 e. The van der Waals surface area contributed by atoms with E-state index in [0.29, 0.717) is 16.9 Å². The summed E-state index contributed by atoms with van der Waals surface area (Å²) < 4.78 is 1.47. The molecule has 8 heteroatoms. The number of rotatable bonds is 4. The Kier molecular flexibility index (Phi) is 4.80. The number of benzene rings is 1. The Labute approximate surface area is 150 Å². The zero-order chi connectivity index (χ0) is 18.5. The number of hydrogen-bond acceptors (Lipinski definition) is 5. The number of nitrogen functional groups attached to an aromatic ring is 1. The van der Waals surface area contributed by atoms with Crippen molar-refractivity contribution in [3.05, 3.63) is 66.1 Å². The molecule has 0 aliphatic rings. The Balaban J connectivity index is 1.65. The molecule has 4 N–H and O–H groups in total. The monoisotopic (exact) mass is 347 g/mol. The van der Waals surface area contributed by atoms with Gasteiger partial charge in [0, 0.05) is 18.1 Å². The number of nitriles is 1. The van der Waals surface area contributed by atoms with Gasteiger partial charge in [-0.05, 0) is 42.8 Å². The van der Waals surface area contributed by atoms with Crippen LogP contribution < -0.4 is 16.4 Å². The van der Waals surface area contributed by atoms with Crippen LogP contribution in [0.15, 0.2) is 55.0 Å². The standard InChI is InChI=1S/C18H17N7O/c1-12(13-3-2-8-21-10-13)23-18(26)24-15-4-6-16(7-5-15)25-17(20)14(9-19)11-22-25/h2-8,10-12H,20H2,1H3,(H2,23,24,26)/t12-/m1/s1. The van der Waals surface area contributed by atoms with Crippen molar-refractivity contribution in [3.63, 3.8) is 0 Å². The predicted molar refractivity (Wildman–Crippen MR) is 97.5 cm³/mol. The number of carbonyl (C=O) groups excluding carboxylic acids is 1. The van der Waals surface area contributed by atoms with Gasteiger partial charge in [-0.15, -0.1) is 0 Å². The molecule has 3 aromatic rings. The van der Waals surface area contributed by atoms with Crippen LogP contribution in [-0.2, 0) is 0 Å². The Hall–Kier alpha value is -3.86. The number of hydrogen-bond donors (Lipinski definition) is 3. The van der Waals surface area contributed by atoms with Crippen molar-refractivity contribution in [1.82, 2.24) is 20.1 Å². The lowest BCUT2D eigenvalue weighted by Crippen LogP contribution is -2.31. The summed E-state index contributed by atoms with van der Waals surface area (Å²) in [6.45, 7) is 1.88. The molecule has 0 fully saturated rings. The van der Waals surface area contributed by atoms with Gasteiger partial charge in [0.1, 0.15) is 17.5 Å². The first-order valence-electron chi connectivity index (χ1n) is 7.90. The number of carbonyl (C=O) groups is 1. The molecule has 8 nitrogen and oxygen atoms in total. The van der Waals surface area contributed by atoms with E-state index in [1.807, 2.05) is 25.1 Å². The minimum absolute atomic E-state index is 0.170. The summed E-state index contributed by atoms with van der Waals surface area (Å²) in [4.78, 5) is 16.2. The molecular weight excluding hydrogens is 330 g/mol. The fourth-order valence-electron chi connectivity index (χ4n) is 2.42. The third-order valence-corrected chi connectivity index (χ3v) is 3.83. The van der Waals surface area contributed by atoms with E-state index in [0.717, 1.165) is 5.56 Å². The SMILES string of the molecule is C[C@@H](NC(=O)Nc1ccc(-n2ncc(C#N)c2N)cc1)c1cccnc1. The molecule has 1 aromatic carbocycles. The second-order valence-corrected chi connectivity index (χ2v) is 5.62. The van der Waals surface area contributed by atoms with Crippen LogP contribution in [-0.4, -0.2) is 20.8 Å². The first-order chi connectivity index (χ1) is 12.6. The van der Waals surface area contributed by atoms with Crippen LogP contribution in [0.5, 0.6) is 0 Å². The largest absolute Gasteiger partial charge is 0.382 e. The summed E-state index contributed by atoms with van der Waals surface area (Å²) in [6, 6.07) is 12.2. The zero-order valence-corrected chi connectivity index (χ0v) is 14.0. The number of anilines is 2. The number of nitrogens with two attached hydrogens (primary N) is 1. The van der Waals surface area contributed by atoms with Gasteiger partial charge in [-0.3, -0.25) is 4.98 Å². The van der Waals surface area contributed by atoms with Crippen LogP contribution in [0, 0.1) is 11.3 Å². The minimum atomic E-state index is -0.320. The number of aromatic nitrogens is 3. The molecule has 0 spiro atoms. The van der Waals surface area contributed by atoms with Crippen LogP contribution in [0.1, 0.15) is 24.1 Å². The molecule has 0 saturated heterocycles. The fourth-order valence-corrected chi connectivity index (χ4v) is 2.42. The van der Waals surface area contributed by atoms with Gasteiger partial charge in [0.15, 0.2) is 0 Å². The molecule has 0 unspecified atom stereocenters. The van der Waals surface area contributed by atoms with Crippen molar-refractivity contribution in [2.24, 2.45) is 0 Å². The second-order valence-electron chi connectivity index (χ2n) is 5.62. The topological polar surface area (TPSA) is 122 Å². The van der Waals surface area contributed by atoms with Gasteiger partial charge < -0.3 is 16.4 Å².